The van der Waals surface area contributed by atoms with Crippen LogP contribution < -0.4 is 11.0 Å². The van der Waals surface area contributed by atoms with Crippen LogP contribution in [0, 0.1) is 0 Å². The summed E-state index contributed by atoms with van der Waals surface area (Å²) in [7, 11) is 0. The lowest BCUT2D eigenvalue weighted by molar-refractivity contribution is -0.113. The average molecular weight is 479 g/mol. The van der Waals surface area contributed by atoms with E-state index in [1.165, 1.54) is 11.8 Å². The number of rotatable bonds is 8. The Morgan fingerprint density at radius 2 is 1.82 bits per heavy atom. The Balaban J connectivity index is 1.44. The van der Waals surface area contributed by atoms with Crippen molar-refractivity contribution >= 4 is 29.3 Å². The van der Waals surface area contributed by atoms with Crippen LogP contribution in [0.3, 0.4) is 0 Å². The first-order valence-corrected chi connectivity index (χ1v) is 12.2. The number of nitrogens with one attached hydrogen (secondary N) is 1. The zero-order valence-electron chi connectivity index (χ0n) is 19.0. The predicted octanol–water partition coefficient (Wildman–Crippen LogP) is 3.47. The van der Waals surface area contributed by atoms with E-state index < -0.39 is 5.97 Å². The van der Waals surface area contributed by atoms with Crippen LogP contribution in [-0.2, 0) is 28.9 Å². The maximum Gasteiger partial charge on any atom is 0.349 e. The molecule has 4 rings (SSSR count). The monoisotopic (exact) mass is 478 g/mol. The van der Waals surface area contributed by atoms with Crippen molar-refractivity contribution < 1.29 is 14.3 Å². The van der Waals surface area contributed by atoms with E-state index in [2.05, 4.69) is 15.3 Å². The van der Waals surface area contributed by atoms with Crippen LogP contribution in [0.25, 0.3) is 0 Å². The number of carbonyl (C=O) groups excluding carboxylic acids is 2. The summed E-state index contributed by atoms with van der Waals surface area (Å²) in [5.74, 6) is -0.473. The van der Waals surface area contributed by atoms with E-state index in [-0.39, 0.29) is 17.3 Å². The van der Waals surface area contributed by atoms with Gasteiger partial charge in [0, 0.05) is 29.3 Å². The number of ether oxygens (including phenoxy) is 1. The van der Waals surface area contributed by atoms with Gasteiger partial charge in [0.1, 0.15) is 5.03 Å². The number of fused-ring (bicyclic) bond motifs is 1. The van der Waals surface area contributed by atoms with Crippen LogP contribution in [-0.4, -0.2) is 38.8 Å². The van der Waals surface area contributed by atoms with Gasteiger partial charge in [-0.2, -0.15) is 4.98 Å². The van der Waals surface area contributed by atoms with Gasteiger partial charge < -0.3 is 10.1 Å². The van der Waals surface area contributed by atoms with Gasteiger partial charge in [0.2, 0.25) is 5.91 Å². The van der Waals surface area contributed by atoms with Crippen molar-refractivity contribution in [1.82, 2.24) is 14.5 Å². The number of esters is 1. The first kappa shape index (κ1) is 23.7. The Kier molecular flexibility index (Phi) is 7.74. The zero-order valence-corrected chi connectivity index (χ0v) is 19.8. The van der Waals surface area contributed by atoms with Gasteiger partial charge in [-0.15, -0.1) is 0 Å². The summed E-state index contributed by atoms with van der Waals surface area (Å²) in [4.78, 5) is 45.5. The Hall–Kier alpha value is -3.46. The van der Waals surface area contributed by atoms with E-state index in [0.717, 1.165) is 42.5 Å². The summed E-state index contributed by atoms with van der Waals surface area (Å²) in [6.07, 6.45) is 7.16. The molecule has 9 heteroatoms. The minimum Gasteiger partial charge on any atom is -0.462 e. The van der Waals surface area contributed by atoms with E-state index in [1.807, 2.05) is 12.1 Å². The second-order valence-electron chi connectivity index (χ2n) is 7.91. The molecule has 0 radical (unpaired) electrons. The highest BCUT2D eigenvalue weighted by Gasteiger charge is 2.21. The molecule has 34 heavy (non-hydrogen) atoms. The van der Waals surface area contributed by atoms with E-state index in [1.54, 1.807) is 48.1 Å². The SMILES string of the molecule is CCOC(=O)c1ccc(NC(=O)CSc2nc(=O)n(Cc3ccncc3)c3c2CCCC3)cc1. The number of benzene rings is 1. The molecule has 0 unspecified atom stereocenters. The van der Waals surface area contributed by atoms with Crippen LogP contribution in [0.5, 0.6) is 0 Å². The summed E-state index contributed by atoms with van der Waals surface area (Å²) >= 11 is 1.29. The second kappa shape index (κ2) is 11.1. The highest BCUT2D eigenvalue weighted by atomic mass is 32.2. The molecule has 0 saturated heterocycles. The van der Waals surface area contributed by atoms with Crippen molar-refractivity contribution in [3.63, 3.8) is 0 Å². The van der Waals surface area contributed by atoms with Crippen LogP contribution in [0.15, 0.2) is 58.6 Å². The van der Waals surface area contributed by atoms with Gasteiger partial charge in [-0.3, -0.25) is 14.3 Å². The summed E-state index contributed by atoms with van der Waals surface area (Å²) in [5.41, 5.74) is 3.80. The number of hydrogen-bond donors (Lipinski definition) is 1. The first-order valence-electron chi connectivity index (χ1n) is 11.3. The summed E-state index contributed by atoms with van der Waals surface area (Å²) in [6.45, 7) is 2.52. The molecule has 2 aromatic heterocycles. The maximum atomic E-state index is 12.9. The molecule has 1 aromatic carbocycles. The molecule has 0 fully saturated rings. The van der Waals surface area contributed by atoms with Crippen LogP contribution >= 0.6 is 11.8 Å². The highest BCUT2D eigenvalue weighted by Crippen LogP contribution is 2.29. The fourth-order valence-electron chi connectivity index (χ4n) is 3.94. The summed E-state index contributed by atoms with van der Waals surface area (Å²) < 4.78 is 6.72. The molecule has 0 atom stereocenters. The number of nitrogens with zero attached hydrogens (tertiary/aromatic N) is 3. The molecule has 0 bridgehead atoms. The highest BCUT2D eigenvalue weighted by molar-refractivity contribution is 8.00. The molecule has 0 spiro atoms. The Morgan fingerprint density at radius 1 is 1.09 bits per heavy atom. The van der Waals surface area contributed by atoms with E-state index in [4.69, 9.17) is 4.74 Å². The fourth-order valence-corrected chi connectivity index (χ4v) is 4.81. The molecule has 0 saturated carbocycles. The zero-order chi connectivity index (χ0) is 23.9. The predicted molar refractivity (Wildman–Crippen MR) is 130 cm³/mol. The largest absolute Gasteiger partial charge is 0.462 e. The van der Waals surface area contributed by atoms with Crippen LogP contribution in [0.1, 0.15) is 46.9 Å². The molecule has 1 N–H and O–H groups in total. The van der Waals surface area contributed by atoms with Gasteiger partial charge in [0.25, 0.3) is 0 Å². The molecule has 2 heterocycles. The smallest absolute Gasteiger partial charge is 0.349 e. The quantitative estimate of drug-likeness (QED) is 0.300. The lowest BCUT2D eigenvalue weighted by Crippen LogP contribution is -2.30. The second-order valence-corrected chi connectivity index (χ2v) is 8.87. The van der Waals surface area contributed by atoms with Crippen molar-refractivity contribution in [1.29, 1.82) is 0 Å². The van der Waals surface area contributed by atoms with Gasteiger partial charge >= 0.3 is 11.7 Å². The topological polar surface area (TPSA) is 103 Å². The summed E-state index contributed by atoms with van der Waals surface area (Å²) in [6, 6.07) is 10.3. The minimum atomic E-state index is -0.398. The molecule has 1 aliphatic rings. The molecular weight excluding hydrogens is 452 g/mol. The van der Waals surface area contributed by atoms with Crippen LogP contribution in [0.2, 0.25) is 0 Å². The maximum absolute atomic E-state index is 12.9. The number of pyridine rings is 1. The molecule has 3 aromatic rings. The Bertz CT molecular complexity index is 1230. The molecule has 1 aliphatic carbocycles. The van der Waals surface area contributed by atoms with Gasteiger partial charge in [0.05, 0.1) is 24.5 Å². The molecular formula is C25H26N4O4S. The number of thioether (sulfide) groups is 1. The van der Waals surface area contributed by atoms with Crippen LogP contribution in [0.4, 0.5) is 5.69 Å². The minimum absolute atomic E-state index is 0.132. The molecule has 0 aliphatic heterocycles. The van der Waals surface area contributed by atoms with E-state index in [0.29, 0.717) is 29.4 Å². The number of aromatic nitrogens is 3. The molecule has 176 valence electrons. The molecule has 1 amide bonds. The van der Waals surface area contributed by atoms with Crippen molar-refractivity contribution in [2.45, 2.75) is 44.2 Å². The third kappa shape index (κ3) is 5.72. The van der Waals surface area contributed by atoms with E-state index in [9.17, 15) is 14.4 Å². The third-order valence-electron chi connectivity index (χ3n) is 5.56. The van der Waals surface area contributed by atoms with E-state index >= 15 is 0 Å². The van der Waals surface area contributed by atoms with Crippen molar-refractivity contribution in [2.75, 3.05) is 17.7 Å². The van der Waals surface area contributed by atoms with Crippen molar-refractivity contribution in [3.8, 4) is 0 Å². The van der Waals surface area contributed by atoms with Crippen molar-refractivity contribution in [3.05, 3.63) is 81.7 Å². The molecule has 8 nitrogen and oxygen atoms in total. The fraction of sp³-hybridized carbons (Fsp3) is 0.320. The van der Waals surface area contributed by atoms with Gasteiger partial charge in [-0.25, -0.2) is 9.59 Å². The number of hydrogen-bond acceptors (Lipinski definition) is 7. The van der Waals surface area contributed by atoms with Gasteiger partial charge in [-0.1, -0.05) is 11.8 Å². The number of amides is 1. The summed E-state index contributed by atoms with van der Waals surface area (Å²) in [5, 5.41) is 3.46. The average Bonchev–Trinajstić information content (AvgIpc) is 2.86. The lowest BCUT2D eigenvalue weighted by Gasteiger charge is -2.22. The first-order chi connectivity index (χ1) is 16.5. The standard InChI is InChI=1S/C25H26N4O4S/c1-2-33-24(31)18-7-9-19(10-8-18)27-22(30)16-34-23-20-5-3-4-6-21(20)29(25(32)28-23)15-17-11-13-26-14-12-17/h7-14H,2-6,15-16H2,1H3,(H,27,30). The normalized spacial score (nSPS) is 12.6. The van der Waals surface area contributed by atoms with Gasteiger partial charge in [-0.05, 0) is 74.6 Å². The number of carbonyl (C=O) groups is 2. The Labute approximate surface area is 201 Å². The number of anilines is 1. The third-order valence-corrected chi connectivity index (χ3v) is 6.58. The lowest BCUT2D eigenvalue weighted by atomic mass is 9.97. The Morgan fingerprint density at radius 3 is 2.56 bits per heavy atom. The van der Waals surface area contributed by atoms with Gasteiger partial charge in [0.15, 0.2) is 0 Å². The van der Waals surface area contributed by atoms with Crippen molar-refractivity contribution in [2.24, 2.45) is 0 Å².